The van der Waals surface area contributed by atoms with Crippen molar-refractivity contribution in [2.75, 3.05) is 33.3 Å². The molecule has 1 N–H and O–H groups in total. The van der Waals surface area contributed by atoms with E-state index in [1.807, 2.05) is 13.1 Å². The highest BCUT2D eigenvalue weighted by molar-refractivity contribution is 5.30. The van der Waals surface area contributed by atoms with Gasteiger partial charge in [-0.3, -0.25) is 4.90 Å². The maximum absolute atomic E-state index is 5.87. The minimum absolute atomic E-state index is 0.366. The molecule has 1 fully saturated rings. The van der Waals surface area contributed by atoms with Crippen molar-refractivity contribution in [1.29, 1.82) is 0 Å². The van der Waals surface area contributed by atoms with Gasteiger partial charge in [0.25, 0.3) is 0 Å². The van der Waals surface area contributed by atoms with E-state index in [0.29, 0.717) is 6.04 Å². The van der Waals surface area contributed by atoms with Gasteiger partial charge in [-0.25, -0.2) is 0 Å². The van der Waals surface area contributed by atoms with Crippen molar-refractivity contribution in [2.24, 2.45) is 0 Å². The van der Waals surface area contributed by atoms with Gasteiger partial charge in [0, 0.05) is 12.6 Å². The lowest BCUT2D eigenvalue weighted by Crippen LogP contribution is -2.33. The molecule has 3 heteroatoms. The van der Waals surface area contributed by atoms with Gasteiger partial charge in [0.15, 0.2) is 0 Å². The summed E-state index contributed by atoms with van der Waals surface area (Å²) < 4.78 is 5.87. The van der Waals surface area contributed by atoms with Crippen LogP contribution in [0.2, 0.25) is 0 Å². The molecule has 1 aromatic carbocycles. The van der Waals surface area contributed by atoms with Gasteiger partial charge in [-0.05, 0) is 57.6 Å². The first kappa shape index (κ1) is 14.4. The van der Waals surface area contributed by atoms with Crippen LogP contribution in [0.3, 0.4) is 0 Å². The molecule has 106 valence electrons. The zero-order valence-electron chi connectivity index (χ0n) is 12.2. The zero-order chi connectivity index (χ0) is 13.5. The summed E-state index contributed by atoms with van der Waals surface area (Å²) in [5, 5.41) is 3.25. The van der Waals surface area contributed by atoms with E-state index in [0.717, 1.165) is 18.9 Å². The molecule has 2 rings (SSSR count). The van der Waals surface area contributed by atoms with Gasteiger partial charge in [-0.1, -0.05) is 18.6 Å². The predicted octanol–water partition coefficient (Wildman–Crippen LogP) is 2.83. The Morgan fingerprint density at radius 3 is 2.79 bits per heavy atom. The molecule has 3 nitrogen and oxygen atoms in total. The summed E-state index contributed by atoms with van der Waals surface area (Å²) in [6.45, 7) is 6.47. The van der Waals surface area contributed by atoms with E-state index < -0.39 is 0 Å². The highest BCUT2D eigenvalue weighted by Gasteiger charge is 2.09. The van der Waals surface area contributed by atoms with Gasteiger partial charge in [0.2, 0.25) is 0 Å². The third-order valence-electron chi connectivity index (χ3n) is 3.92. The van der Waals surface area contributed by atoms with Crippen LogP contribution in [0.5, 0.6) is 5.75 Å². The summed E-state index contributed by atoms with van der Waals surface area (Å²) >= 11 is 0. The predicted molar refractivity (Wildman–Crippen MR) is 79.7 cm³/mol. The highest BCUT2D eigenvalue weighted by Crippen LogP contribution is 2.18. The average molecular weight is 262 g/mol. The number of nitrogens with zero attached hydrogens (tertiary/aromatic N) is 1. The van der Waals surface area contributed by atoms with E-state index in [2.05, 4.69) is 35.3 Å². The maximum Gasteiger partial charge on any atom is 0.119 e. The number of nitrogens with one attached hydrogen (secondary N) is 1. The van der Waals surface area contributed by atoms with Gasteiger partial charge in [0.05, 0.1) is 0 Å². The number of piperidine rings is 1. The van der Waals surface area contributed by atoms with Crippen LogP contribution >= 0.6 is 0 Å². The third kappa shape index (κ3) is 4.51. The smallest absolute Gasteiger partial charge is 0.119 e. The van der Waals surface area contributed by atoms with Gasteiger partial charge in [-0.2, -0.15) is 0 Å². The second-order valence-electron chi connectivity index (χ2n) is 5.33. The van der Waals surface area contributed by atoms with Crippen molar-refractivity contribution >= 4 is 0 Å². The molecule has 19 heavy (non-hydrogen) atoms. The standard InChI is InChI=1S/C16H26N2O/c1-14(17-2)15-7-6-8-16(13-15)19-12-11-18-9-4-3-5-10-18/h6-8,13-14,17H,3-5,9-12H2,1-2H3. The molecule has 0 aliphatic carbocycles. The third-order valence-corrected chi connectivity index (χ3v) is 3.92. The van der Waals surface area contributed by atoms with Crippen molar-refractivity contribution in [1.82, 2.24) is 10.2 Å². The first-order chi connectivity index (χ1) is 9.29. The Kier molecular flexibility index (Phi) is 5.67. The number of likely N-dealkylation sites (tertiary alicyclic amines) is 1. The molecule has 0 spiro atoms. The minimum Gasteiger partial charge on any atom is -0.492 e. The van der Waals surface area contributed by atoms with Crippen LogP contribution in [0.1, 0.15) is 37.8 Å². The van der Waals surface area contributed by atoms with E-state index in [-0.39, 0.29) is 0 Å². The molecule has 0 bridgehead atoms. The zero-order valence-corrected chi connectivity index (χ0v) is 12.2. The van der Waals surface area contributed by atoms with Crippen LogP contribution < -0.4 is 10.1 Å². The normalized spacial score (nSPS) is 18.2. The van der Waals surface area contributed by atoms with Crippen LogP contribution in [0.4, 0.5) is 0 Å². The lowest BCUT2D eigenvalue weighted by molar-refractivity contribution is 0.183. The largest absolute Gasteiger partial charge is 0.492 e. The second kappa shape index (κ2) is 7.51. The van der Waals surface area contributed by atoms with E-state index in [1.54, 1.807) is 0 Å². The van der Waals surface area contributed by atoms with E-state index in [4.69, 9.17) is 4.74 Å². The van der Waals surface area contributed by atoms with Gasteiger partial charge in [0.1, 0.15) is 12.4 Å². The average Bonchev–Trinajstić information content (AvgIpc) is 2.48. The van der Waals surface area contributed by atoms with Crippen molar-refractivity contribution in [2.45, 2.75) is 32.2 Å². The van der Waals surface area contributed by atoms with Crippen LogP contribution in [0.15, 0.2) is 24.3 Å². The van der Waals surface area contributed by atoms with Crippen molar-refractivity contribution in [3.63, 3.8) is 0 Å². The first-order valence-corrected chi connectivity index (χ1v) is 7.42. The molecular weight excluding hydrogens is 236 g/mol. The molecule has 1 atom stereocenters. The van der Waals surface area contributed by atoms with Crippen LogP contribution in [0, 0.1) is 0 Å². The molecule has 0 radical (unpaired) electrons. The molecule has 1 aliphatic heterocycles. The number of rotatable bonds is 6. The van der Waals surface area contributed by atoms with Crippen LogP contribution in [0.25, 0.3) is 0 Å². The Morgan fingerprint density at radius 2 is 2.05 bits per heavy atom. The first-order valence-electron chi connectivity index (χ1n) is 7.42. The minimum atomic E-state index is 0.366. The van der Waals surface area contributed by atoms with Gasteiger partial charge >= 0.3 is 0 Å². The molecule has 1 heterocycles. The summed E-state index contributed by atoms with van der Waals surface area (Å²) in [6, 6.07) is 8.75. The van der Waals surface area contributed by atoms with Crippen molar-refractivity contribution in [3.8, 4) is 5.75 Å². The molecule has 1 aromatic rings. The lowest BCUT2D eigenvalue weighted by Gasteiger charge is -2.26. The molecular formula is C16H26N2O. The maximum atomic E-state index is 5.87. The summed E-state index contributed by atoms with van der Waals surface area (Å²) in [4.78, 5) is 2.50. The second-order valence-corrected chi connectivity index (χ2v) is 5.33. The SMILES string of the molecule is CNC(C)c1cccc(OCCN2CCCCC2)c1. The quantitative estimate of drug-likeness (QED) is 0.853. The fraction of sp³-hybridized carbons (Fsp3) is 0.625. The van der Waals surface area contributed by atoms with Gasteiger partial charge in [-0.15, -0.1) is 0 Å². The van der Waals surface area contributed by atoms with Crippen molar-refractivity contribution in [3.05, 3.63) is 29.8 Å². The highest BCUT2D eigenvalue weighted by atomic mass is 16.5. The number of ether oxygens (including phenoxy) is 1. The van der Waals surface area contributed by atoms with Crippen LogP contribution in [-0.4, -0.2) is 38.2 Å². The van der Waals surface area contributed by atoms with Crippen LogP contribution in [-0.2, 0) is 0 Å². The Labute approximate surface area is 116 Å². The number of hydrogen-bond acceptors (Lipinski definition) is 3. The van der Waals surface area contributed by atoms with Crippen molar-refractivity contribution < 1.29 is 4.74 Å². The molecule has 0 amide bonds. The van der Waals surface area contributed by atoms with E-state index in [1.165, 1.54) is 37.9 Å². The molecule has 1 unspecified atom stereocenters. The van der Waals surface area contributed by atoms with E-state index >= 15 is 0 Å². The molecule has 0 saturated carbocycles. The number of benzene rings is 1. The fourth-order valence-corrected chi connectivity index (χ4v) is 2.52. The topological polar surface area (TPSA) is 24.5 Å². The molecule has 0 aromatic heterocycles. The summed E-state index contributed by atoms with van der Waals surface area (Å²) in [5.41, 5.74) is 1.28. The van der Waals surface area contributed by atoms with E-state index in [9.17, 15) is 0 Å². The Hall–Kier alpha value is -1.06. The fourth-order valence-electron chi connectivity index (χ4n) is 2.52. The number of hydrogen-bond donors (Lipinski definition) is 1. The van der Waals surface area contributed by atoms with Gasteiger partial charge < -0.3 is 10.1 Å². The summed E-state index contributed by atoms with van der Waals surface area (Å²) in [6.07, 6.45) is 4.08. The Bertz CT molecular complexity index is 375. The summed E-state index contributed by atoms with van der Waals surface area (Å²) in [5.74, 6) is 0.983. The lowest BCUT2D eigenvalue weighted by atomic mass is 10.1. The summed E-state index contributed by atoms with van der Waals surface area (Å²) in [7, 11) is 1.98. The Morgan fingerprint density at radius 1 is 1.26 bits per heavy atom. The Balaban J connectivity index is 1.78. The molecule has 1 aliphatic rings. The molecule has 1 saturated heterocycles. The monoisotopic (exact) mass is 262 g/mol.